The first-order valence-electron chi connectivity index (χ1n) is 13.3. The summed E-state index contributed by atoms with van der Waals surface area (Å²) in [6, 6.07) is 12.7. The van der Waals surface area contributed by atoms with Crippen LogP contribution in [0.4, 0.5) is 5.82 Å². The SMILES string of the molecule is CC1CCCCO1.CNC(=O)c1ccc(N2CCC(CNCc3ccc4c(ccn4C)c3)CC2)nc1.[HH].[HH]. The number of hydrogen-bond donors (Lipinski definition) is 2. The van der Waals surface area contributed by atoms with Gasteiger partial charge in [-0.25, -0.2) is 4.98 Å². The first-order valence-corrected chi connectivity index (χ1v) is 13.3. The van der Waals surface area contributed by atoms with E-state index in [1.807, 2.05) is 12.1 Å². The minimum Gasteiger partial charge on any atom is -0.379 e. The monoisotopic (exact) mass is 495 g/mol. The molecule has 0 radical (unpaired) electrons. The van der Waals surface area contributed by atoms with Crippen LogP contribution >= 0.6 is 0 Å². The van der Waals surface area contributed by atoms with Crippen molar-refractivity contribution in [1.29, 1.82) is 0 Å². The van der Waals surface area contributed by atoms with Gasteiger partial charge in [-0.2, -0.15) is 0 Å². The Morgan fingerprint density at radius 1 is 1.14 bits per heavy atom. The number of carbonyl (C=O) groups excluding carboxylic acids is 1. The lowest BCUT2D eigenvalue weighted by Gasteiger charge is -2.33. The van der Waals surface area contributed by atoms with E-state index in [9.17, 15) is 4.79 Å². The van der Waals surface area contributed by atoms with E-state index in [0.29, 0.717) is 17.6 Å². The van der Waals surface area contributed by atoms with Gasteiger partial charge in [0.05, 0.1) is 11.7 Å². The summed E-state index contributed by atoms with van der Waals surface area (Å²) in [7, 11) is 3.72. The highest BCUT2D eigenvalue weighted by Gasteiger charge is 2.20. The maximum Gasteiger partial charge on any atom is 0.252 e. The van der Waals surface area contributed by atoms with Gasteiger partial charge in [0.1, 0.15) is 5.82 Å². The van der Waals surface area contributed by atoms with Gasteiger partial charge in [-0.05, 0) is 92.8 Å². The van der Waals surface area contributed by atoms with E-state index in [2.05, 4.69) is 69.5 Å². The fourth-order valence-electron chi connectivity index (χ4n) is 4.98. The van der Waals surface area contributed by atoms with Crippen molar-refractivity contribution in [2.24, 2.45) is 13.0 Å². The molecule has 5 rings (SSSR count). The number of carbonyl (C=O) groups is 1. The zero-order valence-electron chi connectivity index (χ0n) is 22.0. The van der Waals surface area contributed by atoms with Gasteiger partial charge in [-0.3, -0.25) is 4.79 Å². The van der Waals surface area contributed by atoms with Gasteiger partial charge in [-0.15, -0.1) is 0 Å². The Balaban J connectivity index is 0.000000492. The Morgan fingerprint density at radius 3 is 2.61 bits per heavy atom. The maximum atomic E-state index is 11.6. The molecule has 0 aliphatic carbocycles. The molecular weight excluding hydrogens is 450 g/mol. The van der Waals surface area contributed by atoms with Crippen LogP contribution in [-0.2, 0) is 18.3 Å². The second-order valence-corrected chi connectivity index (χ2v) is 10.0. The first kappa shape index (κ1) is 26.2. The van der Waals surface area contributed by atoms with Crippen molar-refractivity contribution < 1.29 is 12.4 Å². The zero-order valence-corrected chi connectivity index (χ0v) is 22.0. The number of rotatable bonds is 6. The van der Waals surface area contributed by atoms with E-state index in [1.54, 1.807) is 13.2 Å². The highest BCUT2D eigenvalue weighted by atomic mass is 16.5. The van der Waals surface area contributed by atoms with E-state index < -0.39 is 0 Å². The number of aryl methyl sites for hydroxylation is 1. The molecule has 198 valence electrons. The van der Waals surface area contributed by atoms with Crippen LogP contribution in [0.1, 0.15) is 57.8 Å². The second-order valence-electron chi connectivity index (χ2n) is 10.0. The van der Waals surface area contributed by atoms with Gasteiger partial charge in [0, 0.05) is 61.1 Å². The van der Waals surface area contributed by atoms with Crippen LogP contribution in [0.25, 0.3) is 10.9 Å². The van der Waals surface area contributed by atoms with E-state index in [0.717, 1.165) is 51.4 Å². The lowest BCUT2D eigenvalue weighted by molar-refractivity contribution is 0.0285. The van der Waals surface area contributed by atoms with Crippen LogP contribution < -0.4 is 15.5 Å². The van der Waals surface area contributed by atoms with Crippen LogP contribution in [-0.4, -0.2) is 54.9 Å². The van der Waals surface area contributed by atoms with Gasteiger partial charge >= 0.3 is 0 Å². The fourth-order valence-corrected chi connectivity index (χ4v) is 4.98. The molecule has 0 saturated carbocycles. The summed E-state index contributed by atoms with van der Waals surface area (Å²) in [5, 5.41) is 7.57. The molecule has 0 spiro atoms. The minimum atomic E-state index is -0.0970. The molecule has 1 atom stereocenters. The lowest BCUT2D eigenvalue weighted by Crippen LogP contribution is -2.37. The van der Waals surface area contributed by atoms with Gasteiger partial charge in [0.2, 0.25) is 0 Å². The van der Waals surface area contributed by atoms with Crippen molar-refractivity contribution in [2.45, 2.75) is 51.7 Å². The standard InChI is InChI=1S/C23H29N5O.C6H12O.2H2/c1-24-23(29)20-4-6-22(26-16-20)28-11-7-17(8-12-28)14-25-15-18-3-5-21-19(13-18)9-10-27(21)2;1-6-4-2-3-5-7-6;;/h3-6,9-10,13,16-17,25H,7-8,11-12,14-15H2,1-2H3,(H,24,29);6H,2-5H2,1H3;2*1H. The van der Waals surface area contributed by atoms with Crippen LogP contribution in [0, 0.1) is 5.92 Å². The summed E-state index contributed by atoms with van der Waals surface area (Å²) in [5.74, 6) is 1.55. The summed E-state index contributed by atoms with van der Waals surface area (Å²) < 4.78 is 7.43. The summed E-state index contributed by atoms with van der Waals surface area (Å²) in [5.41, 5.74) is 3.21. The quantitative estimate of drug-likeness (QED) is 0.503. The number of benzene rings is 1. The molecule has 2 aliphatic rings. The predicted octanol–water partition coefficient (Wildman–Crippen LogP) is 5.01. The van der Waals surface area contributed by atoms with Crippen molar-refractivity contribution in [3.63, 3.8) is 0 Å². The number of nitrogens with one attached hydrogen (secondary N) is 2. The third kappa shape index (κ3) is 7.08. The average Bonchev–Trinajstić information content (AvgIpc) is 3.29. The number of pyridine rings is 1. The van der Waals surface area contributed by atoms with E-state index in [1.165, 1.54) is 35.7 Å². The largest absolute Gasteiger partial charge is 0.379 e. The summed E-state index contributed by atoms with van der Waals surface area (Å²) in [4.78, 5) is 18.4. The van der Waals surface area contributed by atoms with Crippen molar-refractivity contribution in [3.05, 3.63) is 59.9 Å². The Hall–Kier alpha value is -2.90. The molecule has 2 N–H and O–H groups in total. The molecule has 2 fully saturated rings. The van der Waals surface area contributed by atoms with E-state index >= 15 is 0 Å². The molecule has 7 heteroatoms. The normalized spacial score (nSPS) is 18.5. The number of piperidine rings is 1. The molecule has 1 unspecified atom stereocenters. The molecule has 7 nitrogen and oxygen atoms in total. The maximum absolute atomic E-state index is 11.6. The molecule has 4 heterocycles. The third-order valence-electron chi connectivity index (χ3n) is 7.29. The third-order valence-corrected chi connectivity index (χ3v) is 7.29. The van der Waals surface area contributed by atoms with Crippen LogP contribution in [0.3, 0.4) is 0 Å². The average molecular weight is 496 g/mol. The fraction of sp³-hybridized carbons (Fsp3) is 0.517. The number of ether oxygens (including phenoxy) is 1. The molecule has 2 aromatic heterocycles. The Labute approximate surface area is 218 Å². The second kappa shape index (κ2) is 12.9. The number of nitrogens with zero attached hydrogens (tertiary/aromatic N) is 3. The van der Waals surface area contributed by atoms with E-state index in [-0.39, 0.29) is 8.76 Å². The number of fused-ring (bicyclic) bond motifs is 1. The summed E-state index contributed by atoms with van der Waals surface area (Å²) >= 11 is 0. The minimum absolute atomic E-state index is 0. The van der Waals surface area contributed by atoms with Gasteiger partial charge in [-0.1, -0.05) is 6.07 Å². The molecule has 1 amide bonds. The smallest absolute Gasteiger partial charge is 0.252 e. The Bertz CT molecular complexity index is 1110. The molecule has 2 aliphatic heterocycles. The number of amides is 1. The predicted molar refractivity (Wildman–Crippen MR) is 151 cm³/mol. The zero-order chi connectivity index (χ0) is 25.3. The summed E-state index contributed by atoms with van der Waals surface area (Å²) in [6.45, 7) is 7.10. The van der Waals surface area contributed by atoms with Crippen molar-refractivity contribution in [1.82, 2.24) is 20.2 Å². The highest BCUT2D eigenvalue weighted by Crippen LogP contribution is 2.22. The van der Waals surface area contributed by atoms with Crippen molar-refractivity contribution in [2.75, 3.05) is 38.2 Å². The molecular formula is C29H45N5O2. The molecule has 0 bridgehead atoms. The Kier molecular flexibility index (Phi) is 9.36. The number of anilines is 1. The van der Waals surface area contributed by atoms with Crippen LogP contribution in [0.15, 0.2) is 48.8 Å². The summed E-state index contributed by atoms with van der Waals surface area (Å²) in [6.07, 6.45) is 10.5. The van der Waals surface area contributed by atoms with Crippen molar-refractivity contribution in [3.8, 4) is 0 Å². The molecule has 36 heavy (non-hydrogen) atoms. The van der Waals surface area contributed by atoms with Gasteiger partial charge in [0.15, 0.2) is 0 Å². The lowest BCUT2D eigenvalue weighted by atomic mass is 9.96. The molecule has 1 aromatic carbocycles. The topological polar surface area (TPSA) is 71.4 Å². The van der Waals surface area contributed by atoms with Gasteiger partial charge in [0.25, 0.3) is 5.91 Å². The van der Waals surface area contributed by atoms with Crippen LogP contribution in [0.2, 0.25) is 0 Å². The number of aromatic nitrogens is 2. The van der Waals surface area contributed by atoms with Gasteiger partial charge < -0.3 is 24.8 Å². The molecule has 3 aromatic rings. The Morgan fingerprint density at radius 2 is 1.97 bits per heavy atom. The number of hydrogen-bond acceptors (Lipinski definition) is 5. The first-order chi connectivity index (χ1) is 17.5. The molecule has 2 saturated heterocycles. The van der Waals surface area contributed by atoms with E-state index in [4.69, 9.17) is 4.74 Å². The van der Waals surface area contributed by atoms with Crippen molar-refractivity contribution >= 4 is 22.6 Å². The van der Waals surface area contributed by atoms with Crippen LogP contribution in [0.5, 0.6) is 0 Å². The highest BCUT2D eigenvalue weighted by molar-refractivity contribution is 5.93.